The molecule has 0 bridgehead atoms. The van der Waals surface area contributed by atoms with Crippen LogP contribution in [0.5, 0.6) is 0 Å². The summed E-state index contributed by atoms with van der Waals surface area (Å²) in [4.78, 5) is 4.58. The zero-order valence-corrected chi connectivity index (χ0v) is 12.5. The van der Waals surface area contributed by atoms with Crippen molar-refractivity contribution in [1.82, 2.24) is 10.3 Å². The quantitative estimate of drug-likeness (QED) is 0.755. The van der Waals surface area contributed by atoms with Gasteiger partial charge >= 0.3 is 0 Å². The predicted octanol–water partition coefficient (Wildman–Crippen LogP) is 4.57. The first kappa shape index (κ1) is 13.8. The second kappa shape index (κ2) is 6.06. The molecule has 0 aliphatic heterocycles. The normalized spacial score (nSPS) is 12.5. The van der Waals surface area contributed by atoms with Crippen LogP contribution in [-0.4, -0.2) is 11.5 Å². The fourth-order valence-electron chi connectivity index (χ4n) is 2.77. The van der Waals surface area contributed by atoms with Crippen molar-refractivity contribution in [2.45, 2.75) is 19.9 Å². The van der Waals surface area contributed by atoms with Crippen molar-refractivity contribution < 1.29 is 0 Å². The summed E-state index contributed by atoms with van der Waals surface area (Å²) in [6.45, 7) is 5.30. The Morgan fingerprint density at radius 3 is 2.67 bits per heavy atom. The molecule has 0 aliphatic rings. The molecule has 106 valence electrons. The van der Waals surface area contributed by atoms with E-state index in [-0.39, 0.29) is 0 Å². The Morgan fingerprint density at radius 2 is 1.81 bits per heavy atom. The average Bonchev–Trinajstić information content (AvgIpc) is 2.54. The molecule has 3 rings (SSSR count). The lowest BCUT2D eigenvalue weighted by molar-refractivity contribution is 0.599. The summed E-state index contributed by atoms with van der Waals surface area (Å²) in [5.41, 5.74) is 4.79. The number of hydrogen-bond acceptors (Lipinski definition) is 2. The number of para-hydroxylation sites is 1. The maximum Gasteiger partial charge on any atom is 0.0702 e. The van der Waals surface area contributed by atoms with Gasteiger partial charge < -0.3 is 5.32 Å². The van der Waals surface area contributed by atoms with Crippen LogP contribution in [0.15, 0.2) is 60.8 Å². The Balaban J connectivity index is 2.09. The fourth-order valence-corrected chi connectivity index (χ4v) is 2.77. The van der Waals surface area contributed by atoms with E-state index < -0.39 is 0 Å². The zero-order chi connectivity index (χ0) is 14.7. The summed E-state index contributed by atoms with van der Waals surface area (Å²) >= 11 is 0. The maximum absolute atomic E-state index is 4.58. The van der Waals surface area contributed by atoms with E-state index in [1.807, 2.05) is 18.3 Å². The third-order valence-electron chi connectivity index (χ3n) is 3.84. The summed E-state index contributed by atoms with van der Waals surface area (Å²) in [5.74, 6) is 0. The molecule has 1 atom stereocenters. The Morgan fingerprint density at radius 1 is 1.05 bits per heavy atom. The van der Waals surface area contributed by atoms with Gasteiger partial charge in [-0.1, -0.05) is 49.4 Å². The van der Waals surface area contributed by atoms with Gasteiger partial charge in [0, 0.05) is 23.2 Å². The first-order valence-electron chi connectivity index (χ1n) is 7.47. The van der Waals surface area contributed by atoms with Gasteiger partial charge in [0.15, 0.2) is 0 Å². The van der Waals surface area contributed by atoms with Crippen LogP contribution in [0, 0.1) is 0 Å². The number of nitrogens with one attached hydrogen (secondary N) is 1. The number of aromatic nitrogens is 1. The molecule has 0 radical (unpaired) electrons. The first-order chi connectivity index (χ1) is 10.3. The molecule has 0 spiro atoms. The molecule has 0 amide bonds. The van der Waals surface area contributed by atoms with Crippen molar-refractivity contribution in [2.24, 2.45) is 0 Å². The first-order valence-corrected chi connectivity index (χ1v) is 7.47. The molecule has 2 aromatic carbocycles. The van der Waals surface area contributed by atoms with Gasteiger partial charge in [-0.05, 0) is 36.7 Å². The molecule has 1 unspecified atom stereocenters. The van der Waals surface area contributed by atoms with E-state index in [2.05, 4.69) is 66.6 Å². The molecule has 21 heavy (non-hydrogen) atoms. The Labute approximate surface area is 125 Å². The number of benzene rings is 2. The lowest BCUT2D eigenvalue weighted by atomic mass is 9.96. The van der Waals surface area contributed by atoms with Crippen LogP contribution < -0.4 is 5.32 Å². The lowest BCUT2D eigenvalue weighted by Gasteiger charge is -2.17. The summed E-state index contributed by atoms with van der Waals surface area (Å²) in [7, 11) is 0. The molecule has 1 heterocycles. The summed E-state index contributed by atoms with van der Waals surface area (Å²) in [6, 6.07) is 19.4. The molecular weight excluding hydrogens is 256 g/mol. The highest BCUT2D eigenvalue weighted by Crippen LogP contribution is 2.29. The van der Waals surface area contributed by atoms with Gasteiger partial charge in [0.1, 0.15) is 0 Å². The van der Waals surface area contributed by atoms with E-state index in [1.54, 1.807) is 0 Å². The number of pyridine rings is 1. The Kier molecular flexibility index (Phi) is 3.98. The molecule has 1 aromatic heterocycles. The van der Waals surface area contributed by atoms with Crippen LogP contribution in [0.1, 0.15) is 25.5 Å². The average molecular weight is 276 g/mol. The van der Waals surface area contributed by atoms with Crippen LogP contribution in [0.25, 0.3) is 22.0 Å². The number of rotatable bonds is 4. The van der Waals surface area contributed by atoms with Crippen molar-refractivity contribution in [3.8, 4) is 11.1 Å². The van der Waals surface area contributed by atoms with Crippen molar-refractivity contribution >= 4 is 10.9 Å². The van der Waals surface area contributed by atoms with Crippen molar-refractivity contribution in [3.05, 3.63) is 66.4 Å². The third kappa shape index (κ3) is 2.81. The summed E-state index contributed by atoms with van der Waals surface area (Å²) < 4.78 is 0. The van der Waals surface area contributed by atoms with Crippen molar-refractivity contribution in [2.75, 3.05) is 6.54 Å². The molecule has 0 saturated carbocycles. The third-order valence-corrected chi connectivity index (χ3v) is 3.84. The molecule has 0 saturated heterocycles. The fraction of sp³-hybridized carbons (Fsp3) is 0.211. The Hall–Kier alpha value is -2.19. The van der Waals surface area contributed by atoms with E-state index in [4.69, 9.17) is 0 Å². The molecule has 1 N–H and O–H groups in total. The highest BCUT2D eigenvalue weighted by atomic mass is 14.9. The maximum atomic E-state index is 4.58. The van der Waals surface area contributed by atoms with Crippen molar-refractivity contribution in [3.63, 3.8) is 0 Å². The van der Waals surface area contributed by atoms with E-state index in [0.29, 0.717) is 6.04 Å². The highest BCUT2D eigenvalue weighted by Gasteiger charge is 2.11. The van der Waals surface area contributed by atoms with Crippen LogP contribution >= 0.6 is 0 Å². The van der Waals surface area contributed by atoms with E-state index >= 15 is 0 Å². The van der Waals surface area contributed by atoms with Gasteiger partial charge in [-0.25, -0.2) is 0 Å². The minimum atomic E-state index is 0.331. The van der Waals surface area contributed by atoms with E-state index in [9.17, 15) is 0 Å². The van der Waals surface area contributed by atoms with Crippen LogP contribution in [0.4, 0.5) is 0 Å². The smallest absolute Gasteiger partial charge is 0.0702 e. The molecular formula is C19H20N2. The molecule has 2 heteroatoms. The highest BCUT2D eigenvalue weighted by molar-refractivity contribution is 5.84. The molecule has 3 aromatic rings. The van der Waals surface area contributed by atoms with Crippen LogP contribution in [0.2, 0.25) is 0 Å². The molecule has 0 aliphatic carbocycles. The van der Waals surface area contributed by atoms with Gasteiger partial charge in [0.25, 0.3) is 0 Å². The number of nitrogens with zero attached hydrogens (tertiary/aromatic N) is 1. The van der Waals surface area contributed by atoms with Crippen LogP contribution in [0.3, 0.4) is 0 Å². The van der Waals surface area contributed by atoms with Gasteiger partial charge in [-0.15, -0.1) is 0 Å². The van der Waals surface area contributed by atoms with Gasteiger partial charge in [-0.2, -0.15) is 0 Å². The number of hydrogen-bond donors (Lipinski definition) is 1. The molecule has 2 nitrogen and oxygen atoms in total. The van der Waals surface area contributed by atoms with E-state index in [0.717, 1.165) is 12.1 Å². The second-order valence-corrected chi connectivity index (χ2v) is 5.28. The standard InChI is InChI=1S/C19H20N2/c1-3-20-14(2)17-9-5-6-10-18(17)16-12-15-8-4-7-11-19(15)21-13-16/h4-14,20H,3H2,1-2H3. The summed E-state index contributed by atoms with van der Waals surface area (Å²) in [6.07, 6.45) is 1.97. The van der Waals surface area contributed by atoms with Gasteiger partial charge in [0.05, 0.1) is 5.52 Å². The number of fused-ring (bicyclic) bond motifs is 1. The van der Waals surface area contributed by atoms with E-state index in [1.165, 1.54) is 22.1 Å². The topological polar surface area (TPSA) is 24.9 Å². The Bertz CT molecular complexity index is 749. The van der Waals surface area contributed by atoms with Gasteiger partial charge in [0.2, 0.25) is 0 Å². The largest absolute Gasteiger partial charge is 0.310 e. The zero-order valence-electron chi connectivity index (χ0n) is 12.5. The monoisotopic (exact) mass is 276 g/mol. The minimum Gasteiger partial charge on any atom is -0.310 e. The van der Waals surface area contributed by atoms with Crippen LogP contribution in [-0.2, 0) is 0 Å². The minimum absolute atomic E-state index is 0.331. The van der Waals surface area contributed by atoms with Gasteiger partial charge in [-0.3, -0.25) is 4.98 Å². The lowest BCUT2D eigenvalue weighted by Crippen LogP contribution is -2.18. The summed E-state index contributed by atoms with van der Waals surface area (Å²) in [5, 5.41) is 4.67. The molecule has 0 fully saturated rings. The second-order valence-electron chi connectivity index (χ2n) is 5.28. The van der Waals surface area contributed by atoms with Crippen molar-refractivity contribution in [1.29, 1.82) is 0 Å². The SMILES string of the molecule is CCNC(C)c1ccccc1-c1cnc2ccccc2c1. The predicted molar refractivity (Wildman–Crippen MR) is 89.3 cm³/mol.